The SMILES string of the molecule is CC1CCCN(C(=O)C2CCN(C(=O)CCc3nc4ccccc4s3)CC2)C1. The Morgan fingerprint density at radius 2 is 1.89 bits per heavy atom. The quantitative estimate of drug-likeness (QED) is 0.787. The lowest BCUT2D eigenvalue weighted by Gasteiger charge is -2.37. The van der Waals surface area contributed by atoms with Gasteiger partial charge in [0.05, 0.1) is 15.2 Å². The number of hydrogen-bond acceptors (Lipinski definition) is 4. The molecule has 2 aliphatic rings. The summed E-state index contributed by atoms with van der Waals surface area (Å²) < 4.78 is 1.18. The summed E-state index contributed by atoms with van der Waals surface area (Å²) in [7, 11) is 0. The molecule has 6 heteroatoms. The van der Waals surface area contributed by atoms with Crippen LogP contribution in [0.25, 0.3) is 10.2 Å². The second kappa shape index (κ2) is 8.60. The number of piperidine rings is 2. The third-order valence-corrected chi connectivity index (χ3v) is 7.15. The Balaban J connectivity index is 1.25. The molecule has 2 aliphatic heterocycles. The fourth-order valence-electron chi connectivity index (χ4n) is 4.42. The Morgan fingerprint density at radius 3 is 2.64 bits per heavy atom. The number of nitrogens with zero attached hydrogens (tertiary/aromatic N) is 3. The molecule has 1 unspecified atom stereocenters. The lowest BCUT2D eigenvalue weighted by atomic mass is 9.92. The summed E-state index contributed by atoms with van der Waals surface area (Å²) in [4.78, 5) is 34.0. The zero-order valence-corrected chi connectivity index (χ0v) is 17.4. The Labute approximate surface area is 170 Å². The first-order valence-corrected chi connectivity index (χ1v) is 11.3. The third-order valence-electron chi connectivity index (χ3n) is 6.06. The first-order valence-electron chi connectivity index (χ1n) is 10.5. The Bertz CT molecular complexity index is 808. The van der Waals surface area contributed by atoms with Crippen LogP contribution in [0.1, 0.15) is 44.0 Å². The van der Waals surface area contributed by atoms with Crippen molar-refractivity contribution in [3.8, 4) is 0 Å². The van der Waals surface area contributed by atoms with E-state index in [9.17, 15) is 9.59 Å². The van der Waals surface area contributed by atoms with Gasteiger partial charge in [0.1, 0.15) is 0 Å². The van der Waals surface area contributed by atoms with E-state index in [0.717, 1.165) is 42.9 Å². The van der Waals surface area contributed by atoms with Crippen molar-refractivity contribution in [2.75, 3.05) is 26.2 Å². The van der Waals surface area contributed by atoms with Crippen molar-refractivity contribution in [3.63, 3.8) is 0 Å². The highest BCUT2D eigenvalue weighted by molar-refractivity contribution is 7.18. The van der Waals surface area contributed by atoms with Gasteiger partial charge in [-0.2, -0.15) is 0 Å². The topological polar surface area (TPSA) is 53.5 Å². The van der Waals surface area contributed by atoms with Gasteiger partial charge in [-0.25, -0.2) is 4.98 Å². The zero-order valence-electron chi connectivity index (χ0n) is 16.6. The Morgan fingerprint density at radius 1 is 1.11 bits per heavy atom. The minimum absolute atomic E-state index is 0.0959. The highest BCUT2D eigenvalue weighted by Crippen LogP contribution is 2.25. The Kier molecular flexibility index (Phi) is 5.95. The van der Waals surface area contributed by atoms with Gasteiger partial charge >= 0.3 is 0 Å². The predicted octanol–water partition coefficient (Wildman–Crippen LogP) is 3.73. The molecule has 1 atom stereocenters. The van der Waals surface area contributed by atoms with Crippen LogP contribution in [-0.4, -0.2) is 52.8 Å². The van der Waals surface area contributed by atoms with Crippen molar-refractivity contribution in [1.29, 1.82) is 0 Å². The molecule has 2 amide bonds. The second-order valence-corrected chi connectivity index (χ2v) is 9.38. The summed E-state index contributed by atoms with van der Waals surface area (Å²) in [6.45, 7) is 5.45. The minimum atomic E-state index is 0.0959. The van der Waals surface area contributed by atoms with Crippen molar-refractivity contribution in [3.05, 3.63) is 29.3 Å². The maximum absolute atomic E-state index is 12.8. The molecule has 0 bridgehead atoms. The van der Waals surface area contributed by atoms with Crippen LogP contribution in [0.15, 0.2) is 24.3 Å². The number of para-hydroxylation sites is 1. The second-order valence-electron chi connectivity index (χ2n) is 8.26. The van der Waals surface area contributed by atoms with Gasteiger partial charge in [0.2, 0.25) is 11.8 Å². The monoisotopic (exact) mass is 399 g/mol. The highest BCUT2D eigenvalue weighted by Gasteiger charge is 2.31. The van der Waals surface area contributed by atoms with E-state index < -0.39 is 0 Å². The van der Waals surface area contributed by atoms with Crippen LogP contribution in [0.3, 0.4) is 0 Å². The summed E-state index contributed by atoms with van der Waals surface area (Å²) >= 11 is 1.67. The van der Waals surface area contributed by atoms with Crippen LogP contribution in [0.4, 0.5) is 0 Å². The molecule has 0 saturated carbocycles. The first-order chi connectivity index (χ1) is 13.6. The van der Waals surface area contributed by atoms with Crippen LogP contribution in [0.5, 0.6) is 0 Å². The van der Waals surface area contributed by atoms with E-state index in [1.807, 2.05) is 23.1 Å². The van der Waals surface area contributed by atoms with Gasteiger partial charge in [0.25, 0.3) is 0 Å². The molecule has 0 radical (unpaired) electrons. The lowest BCUT2D eigenvalue weighted by molar-refractivity contribution is -0.142. The largest absolute Gasteiger partial charge is 0.343 e. The molecule has 4 rings (SSSR count). The van der Waals surface area contributed by atoms with E-state index in [4.69, 9.17) is 0 Å². The molecule has 2 saturated heterocycles. The number of fused-ring (bicyclic) bond motifs is 1. The Hall–Kier alpha value is -1.95. The predicted molar refractivity (Wildman–Crippen MR) is 112 cm³/mol. The van der Waals surface area contributed by atoms with E-state index in [0.29, 0.717) is 37.8 Å². The fourth-order valence-corrected chi connectivity index (χ4v) is 5.39. The summed E-state index contributed by atoms with van der Waals surface area (Å²) in [5.41, 5.74) is 1.02. The number of carbonyl (C=O) groups is 2. The van der Waals surface area contributed by atoms with Crippen molar-refractivity contribution < 1.29 is 9.59 Å². The van der Waals surface area contributed by atoms with Gasteiger partial charge in [-0.05, 0) is 43.7 Å². The van der Waals surface area contributed by atoms with E-state index >= 15 is 0 Å². The van der Waals surface area contributed by atoms with Gasteiger partial charge in [-0.3, -0.25) is 9.59 Å². The first kappa shape index (κ1) is 19.4. The number of amides is 2. The van der Waals surface area contributed by atoms with Gasteiger partial charge in [0, 0.05) is 44.9 Å². The molecule has 1 aromatic carbocycles. The average molecular weight is 400 g/mol. The van der Waals surface area contributed by atoms with Crippen LogP contribution in [0.2, 0.25) is 0 Å². The molecule has 1 aromatic heterocycles. The average Bonchev–Trinajstić information content (AvgIpc) is 3.14. The third kappa shape index (κ3) is 4.37. The molecule has 28 heavy (non-hydrogen) atoms. The van der Waals surface area contributed by atoms with E-state index in [1.165, 1.54) is 11.1 Å². The summed E-state index contributed by atoms with van der Waals surface area (Å²) in [5.74, 6) is 1.21. The molecule has 0 spiro atoms. The molecular formula is C22H29N3O2S. The van der Waals surface area contributed by atoms with Gasteiger partial charge < -0.3 is 9.80 Å². The number of aryl methyl sites for hydroxylation is 1. The van der Waals surface area contributed by atoms with Crippen LogP contribution < -0.4 is 0 Å². The van der Waals surface area contributed by atoms with E-state index in [1.54, 1.807) is 11.3 Å². The van der Waals surface area contributed by atoms with Gasteiger partial charge in [-0.1, -0.05) is 19.1 Å². The number of aromatic nitrogens is 1. The van der Waals surface area contributed by atoms with Crippen molar-refractivity contribution >= 4 is 33.4 Å². The van der Waals surface area contributed by atoms with Crippen molar-refractivity contribution in [1.82, 2.24) is 14.8 Å². The lowest BCUT2D eigenvalue weighted by Crippen LogP contribution is -2.47. The smallest absolute Gasteiger partial charge is 0.225 e. The molecule has 3 heterocycles. The van der Waals surface area contributed by atoms with Crippen LogP contribution >= 0.6 is 11.3 Å². The molecular weight excluding hydrogens is 370 g/mol. The summed E-state index contributed by atoms with van der Waals surface area (Å²) in [5, 5.41) is 1.03. The van der Waals surface area contributed by atoms with E-state index in [-0.39, 0.29) is 11.8 Å². The standard InChI is InChI=1S/C22H29N3O2S/c1-16-5-4-12-25(15-16)22(27)17-10-13-24(14-11-17)21(26)9-8-20-23-18-6-2-3-7-19(18)28-20/h2-3,6-7,16-17H,4-5,8-15H2,1H3. The molecule has 150 valence electrons. The molecule has 5 nitrogen and oxygen atoms in total. The van der Waals surface area contributed by atoms with Crippen molar-refractivity contribution in [2.45, 2.75) is 45.4 Å². The molecule has 2 aromatic rings. The number of hydrogen-bond donors (Lipinski definition) is 0. The molecule has 0 N–H and O–H groups in total. The van der Waals surface area contributed by atoms with E-state index in [2.05, 4.69) is 22.9 Å². The molecule has 0 aliphatic carbocycles. The minimum Gasteiger partial charge on any atom is -0.343 e. The highest BCUT2D eigenvalue weighted by atomic mass is 32.1. The number of thiazole rings is 1. The number of benzene rings is 1. The maximum Gasteiger partial charge on any atom is 0.225 e. The van der Waals surface area contributed by atoms with Gasteiger partial charge in [-0.15, -0.1) is 11.3 Å². The number of carbonyl (C=O) groups excluding carboxylic acids is 2. The van der Waals surface area contributed by atoms with Crippen LogP contribution in [-0.2, 0) is 16.0 Å². The number of likely N-dealkylation sites (tertiary alicyclic amines) is 2. The summed E-state index contributed by atoms with van der Waals surface area (Å²) in [6, 6.07) is 8.10. The molecule has 2 fully saturated rings. The van der Waals surface area contributed by atoms with Crippen LogP contribution in [0, 0.1) is 11.8 Å². The summed E-state index contributed by atoms with van der Waals surface area (Å²) in [6.07, 6.45) is 5.15. The maximum atomic E-state index is 12.8. The fraction of sp³-hybridized carbons (Fsp3) is 0.591. The number of rotatable bonds is 4. The normalized spacial score (nSPS) is 21.2. The van der Waals surface area contributed by atoms with Gasteiger partial charge in [0.15, 0.2) is 0 Å². The zero-order chi connectivity index (χ0) is 19.5. The van der Waals surface area contributed by atoms with Crippen molar-refractivity contribution in [2.24, 2.45) is 11.8 Å².